The van der Waals surface area contributed by atoms with Crippen LogP contribution in [0.1, 0.15) is 22.8 Å². The Labute approximate surface area is 149 Å². The second-order valence-corrected chi connectivity index (χ2v) is 5.87. The predicted octanol–water partition coefficient (Wildman–Crippen LogP) is 3.89. The zero-order chi connectivity index (χ0) is 17.7. The monoisotopic (exact) mass is 366 g/mol. The number of halogens is 2. The lowest BCUT2D eigenvalue weighted by molar-refractivity contribution is -0.114. The minimum atomic E-state index is -0.335. The molecule has 5 nitrogen and oxygen atoms in total. The van der Waals surface area contributed by atoms with E-state index in [1.807, 2.05) is 12.1 Å². The van der Waals surface area contributed by atoms with Gasteiger partial charge in [-0.2, -0.15) is 0 Å². The molecule has 2 N–H and O–H groups in total. The lowest BCUT2D eigenvalue weighted by Gasteiger charge is -2.13. The molecule has 0 fully saturated rings. The van der Waals surface area contributed by atoms with Crippen LogP contribution in [0.5, 0.6) is 5.75 Å². The Morgan fingerprint density at radius 2 is 1.79 bits per heavy atom. The molecule has 0 atom stereocenters. The Morgan fingerprint density at radius 1 is 1.12 bits per heavy atom. The SMILES string of the molecule is COc1cc(NC(C)=O)c(Cl)cc1C(=O)NCc1ccc(Cl)cc1. The molecular formula is C17H16Cl2N2O3. The highest BCUT2D eigenvalue weighted by atomic mass is 35.5. The number of carbonyl (C=O) groups is 2. The highest BCUT2D eigenvalue weighted by Crippen LogP contribution is 2.31. The Bertz CT molecular complexity index is 761. The van der Waals surface area contributed by atoms with Gasteiger partial charge in [0.05, 0.1) is 23.4 Å². The van der Waals surface area contributed by atoms with Crippen molar-refractivity contribution < 1.29 is 14.3 Å². The fraction of sp³-hybridized carbons (Fsp3) is 0.176. The lowest BCUT2D eigenvalue weighted by Crippen LogP contribution is -2.23. The maximum absolute atomic E-state index is 12.4. The molecule has 0 aliphatic carbocycles. The van der Waals surface area contributed by atoms with Gasteiger partial charge < -0.3 is 15.4 Å². The van der Waals surface area contributed by atoms with Crippen LogP contribution in [0.4, 0.5) is 5.69 Å². The molecular weight excluding hydrogens is 351 g/mol. The molecule has 0 saturated heterocycles. The molecule has 2 aromatic rings. The van der Waals surface area contributed by atoms with E-state index in [4.69, 9.17) is 27.9 Å². The highest BCUT2D eigenvalue weighted by molar-refractivity contribution is 6.34. The number of ether oxygens (including phenoxy) is 1. The minimum Gasteiger partial charge on any atom is -0.496 e. The number of rotatable bonds is 5. The van der Waals surface area contributed by atoms with Crippen LogP contribution in [0, 0.1) is 0 Å². The molecule has 0 aliphatic rings. The van der Waals surface area contributed by atoms with Crippen molar-refractivity contribution in [1.29, 1.82) is 0 Å². The average Bonchev–Trinajstić information content (AvgIpc) is 2.55. The summed E-state index contributed by atoms with van der Waals surface area (Å²) in [4.78, 5) is 23.6. The molecule has 0 bridgehead atoms. The van der Waals surface area contributed by atoms with E-state index in [0.29, 0.717) is 23.0 Å². The van der Waals surface area contributed by atoms with Crippen molar-refractivity contribution in [2.24, 2.45) is 0 Å². The van der Waals surface area contributed by atoms with E-state index in [-0.39, 0.29) is 22.4 Å². The van der Waals surface area contributed by atoms with Crippen molar-refractivity contribution in [3.8, 4) is 5.75 Å². The molecule has 24 heavy (non-hydrogen) atoms. The summed E-state index contributed by atoms with van der Waals surface area (Å²) in [5.74, 6) is -0.284. The summed E-state index contributed by atoms with van der Waals surface area (Å²) in [6.07, 6.45) is 0. The zero-order valence-electron chi connectivity index (χ0n) is 13.2. The maximum Gasteiger partial charge on any atom is 0.255 e. The normalized spacial score (nSPS) is 10.2. The summed E-state index contributed by atoms with van der Waals surface area (Å²) >= 11 is 11.9. The van der Waals surface area contributed by atoms with Gasteiger partial charge in [0.15, 0.2) is 0 Å². The van der Waals surface area contributed by atoms with Crippen LogP contribution in [0.25, 0.3) is 0 Å². The number of carbonyl (C=O) groups excluding carboxylic acids is 2. The zero-order valence-corrected chi connectivity index (χ0v) is 14.7. The van der Waals surface area contributed by atoms with Crippen LogP contribution in [0.3, 0.4) is 0 Å². The molecule has 0 saturated carbocycles. The first-order valence-electron chi connectivity index (χ1n) is 7.08. The van der Waals surface area contributed by atoms with Crippen LogP contribution >= 0.6 is 23.2 Å². The Balaban J connectivity index is 2.17. The van der Waals surface area contributed by atoms with Gasteiger partial charge >= 0.3 is 0 Å². The average molecular weight is 367 g/mol. The molecule has 7 heteroatoms. The maximum atomic E-state index is 12.4. The van der Waals surface area contributed by atoms with Crippen molar-refractivity contribution in [2.75, 3.05) is 12.4 Å². The quantitative estimate of drug-likeness (QED) is 0.843. The van der Waals surface area contributed by atoms with Crippen molar-refractivity contribution in [3.63, 3.8) is 0 Å². The van der Waals surface area contributed by atoms with Crippen molar-refractivity contribution in [1.82, 2.24) is 5.32 Å². The third-order valence-corrected chi connectivity index (χ3v) is 3.78. The van der Waals surface area contributed by atoms with E-state index in [2.05, 4.69) is 10.6 Å². The van der Waals surface area contributed by atoms with Crippen LogP contribution in [0.2, 0.25) is 10.0 Å². The first kappa shape index (κ1) is 18.1. The molecule has 0 spiro atoms. The Morgan fingerprint density at radius 3 is 2.38 bits per heavy atom. The first-order valence-corrected chi connectivity index (χ1v) is 7.84. The van der Waals surface area contributed by atoms with Crippen LogP contribution < -0.4 is 15.4 Å². The smallest absolute Gasteiger partial charge is 0.255 e. The number of hydrogen-bond acceptors (Lipinski definition) is 3. The summed E-state index contributed by atoms with van der Waals surface area (Å²) in [5, 5.41) is 6.25. The first-order chi connectivity index (χ1) is 11.4. The second kappa shape index (κ2) is 8.04. The third-order valence-electron chi connectivity index (χ3n) is 3.21. The van der Waals surface area contributed by atoms with Gasteiger partial charge in [-0.1, -0.05) is 35.3 Å². The minimum absolute atomic E-state index is 0.252. The molecule has 0 heterocycles. The standard InChI is InChI=1S/C17H16Cl2N2O3/c1-10(22)21-15-8-16(24-2)13(7-14(15)19)17(23)20-9-11-3-5-12(18)6-4-11/h3-8H,9H2,1-2H3,(H,20,23)(H,21,22). The van der Waals surface area contributed by atoms with Gasteiger partial charge in [-0.05, 0) is 23.8 Å². The third kappa shape index (κ3) is 4.63. The fourth-order valence-electron chi connectivity index (χ4n) is 2.06. The van der Waals surface area contributed by atoms with Gasteiger partial charge in [-0.15, -0.1) is 0 Å². The van der Waals surface area contributed by atoms with Gasteiger partial charge in [0.1, 0.15) is 5.75 Å². The molecule has 0 aliphatic heterocycles. The van der Waals surface area contributed by atoms with E-state index in [1.165, 1.54) is 26.2 Å². The van der Waals surface area contributed by atoms with Crippen molar-refractivity contribution >= 4 is 40.7 Å². The van der Waals surface area contributed by atoms with Crippen molar-refractivity contribution in [2.45, 2.75) is 13.5 Å². The van der Waals surface area contributed by atoms with E-state index in [0.717, 1.165) is 5.56 Å². The van der Waals surface area contributed by atoms with E-state index >= 15 is 0 Å². The number of methoxy groups -OCH3 is 1. The van der Waals surface area contributed by atoms with Crippen LogP contribution in [-0.2, 0) is 11.3 Å². The van der Waals surface area contributed by atoms with Crippen LogP contribution in [0.15, 0.2) is 36.4 Å². The summed E-state index contributed by atoms with van der Waals surface area (Å²) in [5.41, 5.74) is 1.58. The van der Waals surface area contributed by atoms with Crippen LogP contribution in [-0.4, -0.2) is 18.9 Å². The Kier molecular flexibility index (Phi) is 6.06. The van der Waals surface area contributed by atoms with Gasteiger partial charge in [-0.3, -0.25) is 9.59 Å². The molecule has 2 amide bonds. The van der Waals surface area contributed by atoms with E-state index < -0.39 is 0 Å². The molecule has 2 rings (SSSR count). The predicted molar refractivity (Wildman–Crippen MR) is 94.9 cm³/mol. The lowest BCUT2D eigenvalue weighted by atomic mass is 10.1. The summed E-state index contributed by atoms with van der Waals surface area (Å²) in [6.45, 7) is 1.71. The fourth-order valence-corrected chi connectivity index (χ4v) is 2.40. The summed E-state index contributed by atoms with van der Waals surface area (Å²) < 4.78 is 5.22. The summed E-state index contributed by atoms with van der Waals surface area (Å²) in [6, 6.07) is 10.1. The van der Waals surface area contributed by atoms with Gasteiger partial charge in [0.25, 0.3) is 5.91 Å². The number of nitrogens with one attached hydrogen (secondary N) is 2. The molecule has 0 radical (unpaired) electrons. The van der Waals surface area contributed by atoms with E-state index in [1.54, 1.807) is 12.1 Å². The number of anilines is 1. The molecule has 0 aromatic heterocycles. The molecule has 0 unspecified atom stereocenters. The summed E-state index contributed by atoms with van der Waals surface area (Å²) in [7, 11) is 1.44. The van der Waals surface area contributed by atoms with Gasteiger partial charge in [0.2, 0.25) is 5.91 Å². The van der Waals surface area contributed by atoms with Gasteiger partial charge in [-0.25, -0.2) is 0 Å². The van der Waals surface area contributed by atoms with Crippen molar-refractivity contribution in [3.05, 3.63) is 57.6 Å². The highest BCUT2D eigenvalue weighted by Gasteiger charge is 2.16. The molecule has 2 aromatic carbocycles. The van der Waals surface area contributed by atoms with Gasteiger partial charge in [0, 0.05) is 24.6 Å². The number of benzene rings is 2. The number of hydrogen-bond donors (Lipinski definition) is 2. The Hall–Kier alpha value is -2.24. The molecule has 126 valence electrons. The second-order valence-electron chi connectivity index (χ2n) is 5.02. The topological polar surface area (TPSA) is 67.4 Å². The number of amides is 2. The largest absolute Gasteiger partial charge is 0.496 e. The van der Waals surface area contributed by atoms with E-state index in [9.17, 15) is 9.59 Å².